The largest absolute Gasteiger partial charge is 0.591 e. The molecule has 22 heavy (non-hydrogen) atoms. The number of rotatable bonds is 5. The highest BCUT2D eigenvalue weighted by molar-refractivity contribution is 7.91. The molecule has 0 unspecified atom stereocenters. The number of aryl methyl sites for hydroxylation is 1. The summed E-state index contributed by atoms with van der Waals surface area (Å²) in [6.07, 6.45) is -2.54. The van der Waals surface area contributed by atoms with Crippen LogP contribution in [0.15, 0.2) is 16.7 Å². The summed E-state index contributed by atoms with van der Waals surface area (Å²) < 4.78 is 56.5. The topological polar surface area (TPSA) is 57.5 Å². The molecule has 1 rings (SSSR count). The second kappa shape index (κ2) is 7.32. The summed E-state index contributed by atoms with van der Waals surface area (Å²) in [7, 11) is 0. The second-order valence-electron chi connectivity index (χ2n) is 5.68. The number of ether oxygens (including phenoxy) is 1. The Hall–Kier alpha value is -1.28. The highest BCUT2D eigenvalue weighted by Crippen LogP contribution is 2.22. The zero-order chi connectivity index (χ0) is 17.0. The van der Waals surface area contributed by atoms with Gasteiger partial charge in [0.2, 0.25) is 0 Å². The van der Waals surface area contributed by atoms with Crippen LogP contribution in [0.25, 0.3) is 0 Å². The van der Waals surface area contributed by atoms with E-state index in [9.17, 15) is 17.7 Å². The summed E-state index contributed by atoms with van der Waals surface area (Å²) in [6.45, 7) is 6.65. The van der Waals surface area contributed by atoms with E-state index in [1.165, 1.54) is 12.4 Å². The Kier molecular flexibility index (Phi) is 6.25. The number of pyridine rings is 1. The number of hydrogen-bond donors (Lipinski definition) is 0. The molecule has 1 aromatic rings. The summed E-state index contributed by atoms with van der Waals surface area (Å²) in [5.41, 5.74) is 1.11. The molecule has 4 nitrogen and oxygen atoms in total. The third-order valence-corrected chi connectivity index (χ3v) is 3.88. The molecule has 1 heterocycles. The normalized spacial score (nSPS) is 14.4. The Balaban J connectivity index is 2.68. The molecule has 0 amide bonds. The summed E-state index contributed by atoms with van der Waals surface area (Å²) in [5.74, 6) is 0.290. The fourth-order valence-electron chi connectivity index (χ4n) is 1.32. The Morgan fingerprint density at radius 1 is 1.36 bits per heavy atom. The Labute approximate surface area is 131 Å². The van der Waals surface area contributed by atoms with E-state index < -0.39 is 35.3 Å². The number of hydrogen-bond acceptors (Lipinski definition) is 4. The first-order chi connectivity index (χ1) is 9.99. The van der Waals surface area contributed by atoms with Gasteiger partial charge in [-0.1, -0.05) is 4.40 Å². The fraction of sp³-hybridized carbons (Fsp3) is 0.571. The highest BCUT2D eigenvalue weighted by Gasteiger charge is 2.27. The maximum Gasteiger partial charge on any atom is 0.392 e. The maximum atomic E-state index is 12.1. The smallest absolute Gasteiger partial charge is 0.392 e. The molecule has 0 aromatic carbocycles. The predicted molar refractivity (Wildman–Crippen MR) is 80.6 cm³/mol. The van der Waals surface area contributed by atoms with E-state index in [0.717, 1.165) is 0 Å². The van der Waals surface area contributed by atoms with Gasteiger partial charge in [0, 0.05) is 0 Å². The Morgan fingerprint density at radius 3 is 2.50 bits per heavy atom. The molecular formula is C14H19F3N2O2S. The van der Waals surface area contributed by atoms with Crippen LogP contribution in [0.4, 0.5) is 13.2 Å². The van der Waals surface area contributed by atoms with Gasteiger partial charge in [-0.2, -0.15) is 13.2 Å². The lowest BCUT2D eigenvalue weighted by atomic mass is 10.2. The van der Waals surface area contributed by atoms with Crippen LogP contribution in [-0.2, 0) is 11.4 Å². The van der Waals surface area contributed by atoms with Gasteiger partial charge in [-0.05, 0) is 39.3 Å². The molecule has 0 aliphatic carbocycles. The quantitative estimate of drug-likeness (QED) is 0.610. The van der Waals surface area contributed by atoms with Crippen molar-refractivity contribution in [2.75, 3.05) is 6.61 Å². The van der Waals surface area contributed by atoms with Gasteiger partial charge in [0.15, 0.2) is 0 Å². The van der Waals surface area contributed by atoms with Crippen molar-refractivity contribution in [2.24, 2.45) is 4.40 Å². The minimum atomic E-state index is -4.25. The molecule has 1 atom stereocenters. The fourth-order valence-corrected chi connectivity index (χ4v) is 1.84. The van der Waals surface area contributed by atoms with Crippen LogP contribution in [0.1, 0.15) is 38.4 Å². The lowest BCUT2D eigenvalue weighted by molar-refractivity contribution is -0.139. The average molecular weight is 336 g/mol. The van der Waals surface area contributed by atoms with Crippen molar-refractivity contribution in [1.82, 2.24) is 4.98 Å². The molecule has 0 saturated carbocycles. The van der Waals surface area contributed by atoms with Crippen molar-refractivity contribution in [3.8, 4) is 5.75 Å². The lowest BCUT2D eigenvalue weighted by Crippen LogP contribution is -2.25. The van der Waals surface area contributed by atoms with Crippen LogP contribution in [0, 0.1) is 6.92 Å². The summed E-state index contributed by atoms with van der Waals surface area (Å²) >= 11 is -1.39. The molecule has 0 saturated heterocycles. The molecule has 0 N–H and O–H groups in total. The van der Waals surface area contributed by atoms with Gasteiger partial charge in [0.1, 0.15) is 28.1 Å². The van der Waals surface area contributed by atoms with Gasteiger partial charge in [-0.25, -0.2) is 0 Å². The lowest BCUT2D eigenvalue weighted by Gasteiger charge is -2.17. The van der Waals surface area contributed by atoms with E-state index in [0.29, 0.717) is 17.0 Å². The zero-order valence-electron chi connectivity index (χ0n) is 12.9. The first-order valence-electron chi connectivity index (χ1n) is 6.61. The SMILES string of the molecule is Cc1cc(/C=N/[S@@+]([O-])C(C)(C)C)ncc1OCCC(F)(F)F. The molecule has 0 aliphatic heterocycles. The minimum absolute atomic E-state index is 0.290. The van der Waals surface area contributed by atoms with Gasteiger partial charge in [-0.3, -0.25) is 4.98 Å². The molecule has 8 heteroatoms. The number of nitrogens with zero attached hydrogens (tertiary/aromatic N) is 2. The van der Waals surface area contributed by atoms with Crippen molar-refractivity contribution >= 4 is 17.6 Å². The van der Waals surface area contributed by atoms with E-state index in [4.69, 9.17) is 4.74 Å². The second-order valence-corrected chi connectivity index (χ2v) is 7.62. The molecular weight excluding hydrogens is 317 g/mol. The van der Waals surface area contributed by atoms with Crippen LogP contribution >= 0.6 is 0 Å². The van der Waals surface area contributed by atoms with Gasteiger partial charge in [0.05, 0.1) is 24.9 Å². The van der Waals surface area contributed by atoms with Gasteiger partial charge < -0.3 is 9.29 Å². The van der Waals surface area contributed by atoms with Crippen molar-refractivity contribution in [3.05, 3.63) is 23.5 Å². The van der Waals surface area contributed by atoms with Crippen LogP contribution < -0.4 is 4.74 Å². The molecule has 1 aromatic heterocycles. The van der Waals surface area contributed by atoms with E-state index in [1.807, 2.05) is 0 Å². The van der Waals surface area contributed by atoms with Gasteiger partial charge in [0.25, 0.3) is 0 Å². The molecule has 0 aliphatic rings. The van der Waals surface area contributed by atoms with Crippen molar-refractivity contribution < 1.29 is 22.5 Å². The molecule has 0 fully saturated rings. The van der Waals surface area contributed by atoms with Gasteiger partial charge in [-0.15, -0.1) is 0 Å². The molecule has 0 radical (unpaired) electrons. The van der Waals surface area contributed by atoms with Crippen molar-refractivity contribution in [2.45, 2.75) is 45.0 Å². The molecule has 0 bridgehead atoms. The van der Waals surface area contributed by atoms with E-state index >= 15 is 0 Å². The third kappa shape index (κ3) is 6.65. The maximum absolute atomic E-state index is 12.1. The standard InChI is InChI=1S/C14H19F3N2O2S/c1-10-7-11(8-19-22(20)13(2,3)4)18-9-12(10)21-6-5-14(15,16)17/h7-9H,5-6H2,1-4H3/b19-8+/t22-/m0/s1. The molecule has 124 valence electrons. The van der Waals surface area contributed by atoms with Crippen LogP contribution in [0.2, 0.25) is 0 Å². The molecule has 0 spiro atoms. The number of alkyl halides is 3. The monoisotopic (exact) mass is 336 g/mol. The van der Waals surface area contributed by atoms with Crippen molar-refractivity contribution in [1.29, 1.82) is 0 Å². The van der Waals surface area contributed by atoms with Crippen LogP contribution in [-0.4, -0.2) is 33.3 Å². The Morgan fingerprint density at radius 2 is 2.00 bits per heavy atom. The number of halogens is 3. The predicted octanol–water partition coefficient (Wildman–Crippen LogP) is 3.60. The first-order valence-corrected chi connectivity index (χ1v) is 7.72. The average Bonchev–Trinajstić information content (AvgIpc) is 2.35. The summed E-state index contributed by atoms with van der Waals surface area (Å²) in [4.78, 5) is 4.02. The van der Waals surface area contributed by atoms with E-state index in [-0.39, 0.29) is 0 Å². The zero-order valence-corrected chi connectivity index (χ0v) is 13.7. The summed E-state index contributed by atoms with van der Waals surface area (Å²) in [6, 6.07) is 1.62. The van der Waals surface area contributed by atoms with E-state index in [1.54, 1.807) is 33.8 Å². The highest BCUT2D eigenvalue weighted by atomic mass is 32.2. The Bertz CT molecular complexity index is 528. The van der Waals surface area contributed by atoms with Gasteiger partial charge >= 0.3 is 6.18 Å². The van der Waals surface area contributed by atoms with Crippen LogP contribution in [0.5, 0.6) is 5.75 Å². The van der Waals surface area contributed by atoms with Crippen molar-refractivity contribution in [3.63, 3.8) is 0 Å². The van der Waals surface area contributed by atoms with Crippen LogP contribution in [0.3, 0.4) is 0 Å². The first kappa shape index (κ1) is 18.8. The summed E-state index contributed by atoms with van der Waals surface area (Å²) in [5, 5.41) is 0. The van der Waals surface area contributed by atoms with E-state index in [2.05, 4.69) is 9.38 Å². The minimum Gasteiger partial charge on any atom is -0.591 e. The third-order valence-electron chi connectivity index (χ3n) is 2.53. The number of aromatic nitrogens is 1.